The van der Waals surface area contributed by atoms with Crippen LogP contribution in [0.5, 0.6) is 0 Å². The molecule has 0 saturated carbocycles. The monoisotopic (exact) mass is 194 g/mol. The summed E-state index contributed by atoms with van der Waals surface area (Å²) in [5.74, 6) is 0.158. The third kappa shape index (κ3) is 3.05. The molecule has 2 N–H and O–H groups in total. The van der Waals surface area contributed by atoms with E-state index in [0.717, 1.165) is 0 Å². The van der Waals surface area contributed by atoms with Gasteiger partial charge < -0.3 is 10.3 Å². The summed E-state index contributed by atoms with van der Waals surface area (Å²) in [5.41, 5.74) is 0.0420. The Hall–Kier alpha value is -1.58. The zero-order valence-electron chi connectivity index (χ0n) is 8.33. The van der Waals surface area contributed by atoms with Gasteiger partial charge in [0, 0.05) is 12.6 Å². The largest absolute Gasteiger partial charge is 0.351 e. The quantitative estimate of drug-likeness (QED) is 0.746. The Morgan fingerprint density at radius 2 is 2.21 bits per heavy atom. The van der Waals surface area contributed by atoms with E-state index in [0.29, 0.717) is 18.2 Å². The highest BCUT2D eigenvalue weighted by Gasteiger charge is 2.05. The minimum Gasteiger partial charge on any atom is -0.351 e. The zero-order valence-corrected chi connectivity index (χ0v) is 8.33. The average molecular weight is 194 g/mol. The second kappa shape index (κ2) is 4.60. The first-order valence-electron chi connectivity index (χ1n) is 4.57. The van der Waals surface area contributed by atoms with Crippen molar-refractivity contribution in [2.75, 3.05) is 6.54 Å². The van der Waals surface area contributed by atoms with Crippen LogP contribution in [0, 0.1) is 5.92 Å². The maximum Gasteiger partial charge on any atom is 0.267 e. The number of hydrogen-bond donors (Lipinski definition) is 2. The molecule has 0 saturated heterocycles. The van der Waals surface area contributed by atoms with E-state index in [1.807, 2.05) is 13.8 Å². The van der Waals surface area contributed by atoms with Gasteiger partial charge in [-0.2, -0.15) is 0 Å². The Labute approximate surface area is 82.3 Å². The Bertz CT molecular complexity index is 368. The number of aromatic amines is 1. The van der Waals surface area contributed by atoms with E-state index in [4.69, 9.17) is 0 Å². The van der Waals surface area contributed by atoms with Crippen LogP contribution in [-0.2, 0) is 0 Å². The molecule has 0 atom stereocenters. The molecule has 76 valence electrons. The van der Waals surface area contributed by atoms with Crippen LogP contribution in [0.3, 0.4) is 0 Å². The van der Waals surface area contributed by atoms with E-state index in [1.165, 1.54) is 6.07 Å². The molecule has 4 nitrogen and oxygen atoms in total. The van der Waals surface area contributed by atoms with Crippen LogP contribution in [-0.4, -0.2) is 17.4 Å². The molecule has 0 aliphatic heterocycles. The number of hydrogen-bond acceptors (Lipinski definition) is 2. The standard InChI is InChI=1S/C10H14N2O2/c1-7(2)6-11-10(14)8-4-3-5-9(13)12-8/h3-5,7H,6H2,1-2H3,(H,11,14)(H,12,13). The molecule has 1 aromatic rings. The fourth-order valence-electron chi connectivity index (χ4n) is 0.972. The van der Waals surface area contributed by atoms with E-state index in [1.54, 1.807) is 12.1 Å². The lowest BCUT2D eigenvalue weighted by Crippen LogP contribution is -2.29. The summed E-state index contributed by atoms with van der Waals surface area (Å²) in [4.78, 5) is 24.8. The molecule has 0 aromatic carbocycles. The van der Waals surface area contributed by atoms with Crippen molar-refractivity contribution in [2.45, 2.75) is 13.8 Å². The van der Waals surface area contributed by atoms with Crippen LogP contribution >= 0.6 is 0 Å². The summed E-state index contributed by atoms with van der Waals surface area (Å²) < 4.78 is 0. The van der Waals surface area contributed by atoms with Crippen LogP contribution in [0.15, 0.2) is 23.0 Å². The molecular formula is C10H14N2O2. The molecule has 0 unspecified atom stereocenters. The number of carbonyl (C=O) groups is 1. The third-order valence-corrected chi connectivity index (χ3v) is 1.68. The van der Waals surface area contributed by atoms with Crippen molar-refractivity contribution in [3.8, 4) is 0 Å². The van der Waals surface area contributed by atoms with Crippen molar-refractivity contribution in [1.82, 2.24) is 10.3 Å². The molecule has 0 bridgehead atoms. The van der Waals surface area contributed by atoms with Gasteiger partial charge in [0.15, 0.2) is 0 Å². The fourth-order valence-corrected chi connectivity index (χ4v) is 0.972. The lowest BCUT2D eigenvalue weighted by molar-refractivity contribution is 0.0944. The van der Waals surface area contributed by atoms with Gasteiger partial charge in [-0.05, 0) is 12.0 Å². The second-order valence-electron chi connectivity index (χ2n) is 3.53. The van der Waals surface area contributed by atoms with Gasteiger partial charge in [-0.3, -0.25) is 9.59 Å². The molecule has 0 aliphatic rings. The predicted molar refractivity (Wildman–Crippen MR) is 54.2 cm³/mol. The van der Waals surface area contributed by atoms with E-state index < -0.39 is 0 Å². The number of rotatable bonds is 3. The summed E-state index contributed by atoms with van der Waals surface area (Å²) >= 11 is 0. The number of carbonyl (C=O) groups excluding carboxylic acids is 1. The van der Waals surface area contributed by atoms with Crippen molar-refractivity contribution in [2.24, 2.45) is 5.92 Å². The van der Waals surface area contributed by atoms with Crippen molar-refractivity contribution < 1.29 is 4.79 Å². The Balaban J connectivity index is 2.65. The van der Waals surface area contributed by atoms with Gasteiger partial charge in [0.05, 0.1) is 0 Å². The van der Waals surface area contributed by atoms with Gasteiger partial charge in [0.2, 0.25) is 5.56 Å². The Morgan fingerprint density at radius 1 is 1.50 bits per heavy atom. The first-order valence-corrected chi connectivity index (χ1v) is 4.57. The van der Waals surface area contributed by atoms with Gasteiger partial charge in [0.1, 0.15) is 5.69 Å². The van der Waals surface area contributed by atoms with Gasteiger partial charge in [-0.15, -0.1) is 0 Å². The summed E-state index contributed by atoms with van der Waals surface area (Å²) in [6, 6.07) is 4.51. The number of pyridine rings is 1. The fraction of sp³-hybridized carbons (Fsp3) is 0.400. The highest BCUT2D eigenvalue weighted by molar-refractivity contribution is 5.92. The molecular weight excluding hydrogens is 180 g/mol. The second-order valence-corrected chi connectivity index (χ2v) is 3.53. The SMILES string of the molecule is CC(C)CNC(=O)c1cccc(=O)[nH]1. The summed E-state index contributed by atoms with van der Waals surface area (Å²) in [6.07, 6.45) is 0. The minimum absolute atomic E-state index is 0.239. The molecule has 1 amide bonds. The third-order valence-electron chi connectivity index (χ3n) is 1.68. The normalized spacial score (nSPS) is 10.2. The van der Waals surface area contributed by atoms with Gasteiger partial charge in [-0.1, -0.05) is 19.9 Å². The van der Waals surface area contributed by atoms with Crippen LogP contribution in [0.25, 0.3) is 0 Å². The highest BCUT2D eigenvalue weighted by Crippen LogP contribution is 1.92. The molecule has 0 aliphatic carbocycles. The lowest BCUT2D eigenvalue weighted by Gasteiger charge is -2.06. The molecule has 0 fully saturated rings. The molecule has 4 heteroatoms. The molecule has 0 radical (unpaired) electrons. The van der Waals surface area contributed by atoms with Crippen LogP contribution in [0.4, 0.5) is 0 Å². The smallest absolute Gasteiger partial charge is 0.267 e. The van der Waals surface area contributed by atoms with Crippen LogP contribution in [0.1, 0.15) is 24.3 Å². The molecule has 1 heterocycles. The lowest BCUT2D eigenvalue weighted by atomic mass is 10.2. The number of amides is 1. The Kier molecular flexibility index (Phi) is 3.45. The minimum atomic E-state index is -0.262. The van der Waals surface area contributed by atoms with Crippen LogP contribution < -0.4 is 10.9 Å². The first kappa shape index (κ1) is 10.5. The highest BCUT2D eigenvalue weighted by atomic mass is 16.2. The average Bonchev–Trinajstić information content (AvgIpc) is 2.14. The summed E-state index contributed by atoms with van der Waals surface area (Å²) in [6.45, 7) is 4.62. The maximum atomic E-state index is 11.4. The molecule has 0 spiro atoms. The van der Waals surface area contributed by atoms with E-state index in [-0.39, 0.29) is 11.5 Å². The Morgan fingerprint density at radius 3 is 2.79 bits per heavy atom. The summed E-state index contributed by atoms with van der Waals surface area (Å²) in [5, 5.41) is 2.72. The maximum absolute atomic E-state index is 11.4. The topological polar surface area (TPSA) is 62.0 Å². The van der Waals surface area contributed by atoms with E-state index in [2.05, 4.69) is 10.3 Å². The van der Waals surface area contributed by atoms with Crippen molar-refractivity contribution in [3.05, 3.63) is 34.2 Å². The number of H-pyrrole nitrogens is 1. The van der Waals surface area contributed by atoms with Gasteiger partial charge >= 0.3 is 0 Å². The molecule has 1 rings (SSSR count). The van der Waals surface area contributed by atoms with Crippen molar-refractivity contribution in [1.29, 1.82) is 0 Å². The van der Waals surface area contributed by atoms with Gasteiger partial charge in [-0.25, -0.2) is 0 Å². The zero-order chi connectivity index (χ0) is 10.6. The summed E-state index contributed by atoms with van der Waals surface area (Å²) in [7, 11) is 0. The van der Waals surface area contributed by atoms with E-state index in [9.17, 15) is 9.59 Å². The van der Waals surface area contributed by atoms with Crippen molar-refractivity contribution >= 4 is 5.91 Å². The number of nitrogens with one attached hydrogen (secondary N) is 2. The molecule has 14 heavy (non-hydrogen) atoms. The van der Waals surface area contributed by atoms with Gasteiger partial charge in [0.25, 0.3) is 5.91 Å². The van der Waals surface area contributed by atoms with E-state index >= 15 is 0 Å². The van der Waals surface area contributed by atoms with Crippen LogP contribution in [0.2, 0.25) is 0 Å². The van der Waals surface area contributed by atoms with Crippen molar-refractivity contribution in [3.63, 3.8) is 0 Å². The molecule has 1 aromatic heterocycles. The number of aromatic nitrogens is 1. The first-order chi connectivity index (χ1) is 6.59. The predicted octanol–water partition coefficient (Wildman–Crippen LogP) is 0.761.